The third-order valence-corrected chi connectivity index (χ3v) is 6.22. The quantitative estimate of drug-likeness (QED) is 0.681. The fraction of sp³-hybridized carbons (Fsp3) is 0.350. The van der Waals surface area contributed by atoms with Crippen molar-refractivity contribution in [1.82, 2.24) is 4.98 Å². The lowest BCUT2D eigenvalue weighted by Gasteiger charge is -2.20. The molecule has 0 radical (unpaired) electrons. The Morgan fingerprint density at radius 1 is 1.31 bits per heavy atom. The number of ether oxygens (including phenoxy) is 1. The first-order valence-electron chi connectivity index (χ1n) is 8.76. The van der Waals surface area contributed by atoms with Crippen LogP contribution >= 0.6 is 22.9 Å². The van der Waals surface area contributed by atoms with Crippen molar-refractivity contribution in [3.05, 3.63) is 45.9 Å². The van der Waals surface area contributed by atoms with Crippen LogP contribution in [0, 0.1) is 6.92 Å². The number of nitrogens with two attached hydrogens (primary N) is 1. The molecular formula is C20H21ClN2O2S. The summed E-state index contributed by atoms with van der Waals surface area (Å²) in [6.45, 7) is 2.03. The van der Waals surface area contributed by atoms with Crippen molar-refractivity contribution in [3.8, 4) is 16.9 Å². The number of nitrogens with zero attached hydrogens (tertiary/aromatic N) is 1. The molecule has 0 aliphatic heterocycles. The van der Waals surface area contributed by atoms with Crippen molar-refractivity contribution in [3.63, 3.8) is 0 Å². The van der Waals surface area contributed by atoms with E-state index in [0.29, 0.717) is 5.02 Å². The summed E-state index contributed by atoms with van der Waals surface area (Å²) >= 11 is 7.92. The second kappa shape index (κ2) is 7.16. The van der Waals surface area contributed by atoms with Gasteiger partial charge in [0.15, 0.2) is 0 Å². The molecule has 0 saturated heterocycles. The van der Waals surface area contributed by atoms with Gasteiger partial charge in [0.2, 0.25) is 0 Å². The van der Waals surface area contributed by atoms with E-state index >= 15 is 0 Å². The molecule has 1 aliphatic carbocycles. The number of rotatable bonds is 4. The topological polar surface area (TPSA) is 68.4 Å². The van der Waals surface area contributed by atoms with Crippen LogP contribution in [0.3, 0.4) is 0 Å². The Bertz CT molecular complexity index is 956. The highest BCUT2D eigenvalue weighted by Crippen LogP contribution is 2.42. The molecule has 2 atom stereocenters. The minimum Gasteiger partial charge on any atom is -0.489 e. The lowest BCUT2D eigenvalue weighted by Crippen LogP contribution is -2.19. The Balaban J connectivity index is 1.84. The van der Waals surface area contributed by atoms with Gasteiger partial charge in [-0.2, -0.15) is 0 Å². The number of hydrogen-bond acceptors (Lipinski definition) is 5. The lowest BCUT2D eigenvalue weighted by atomic mass is 10.0. The van der Waals surface area contributed by atoms with Crippen molar-refractivity contribution >= 4 is 33.2 Å². The second-order valence-corrected chi connectivity index (χ2v) is 8.43. The molecule has 0 bridgehead atoms. The van der Waals surface area contributed by atoms with E-state index in [2.05, 4.69) is 4.98 Å². The Morgan fingerprint density at radius 2 is 2.15 bits per heavy atom. The molecule has 2 heterocycles. The molecule has 1 aromatic carbocycles. The highest BCUT2D eigenvalue weighted by atomic mass is 35.5. The van der Waals surface area contributed by atoms with Crippen molar-refractivity contribution in [2.45, 2.75) is 44.9 Å². The van der Waals surface area contributed by atoms with Crippen LogP contribution in [0.5, 0.6) is 5.75 Å². The number of thiophene rings is 1. The summed E-state index contributed by atoms with van der Waals surface area (Å²) in [6, 6.07) is 8.01. The van der Waals surface area contributed by atoms with E-state index in [4.69, 9.17) is 22.1 Å². The summed E-state index contributed by atoms with van der Waals surface area (Å²) in [5, 5.41) is 10.2. The second-order valence-electron chi connectivity index (χ2n) is 6.86. The maximum absolute atomic E-state index is 9.48. The predicted molar refractivity (Wildman–Crippen MR) is 107 cm³/mol. The molecule has 136 valence electrons. The number of aryl methyl sites for hydroxylation is 1. The van der Waals surface area contributed by atoms with Crippen LogP contribution in [0.4, 0.5) is 0 Å². The van der Waals surface area contributed by atoms with E-state index < -0.39 is 0 Å². The SMILES string of the molecule is Cc1cc(Cl)cc(-c2ccnc3cc(CO)sc23)c1O[C@@H]1CC[C@@H](N)C1. The summed E-state index contributed by atoms with van der Waals surface area (Å²) in [5.41, 5.74) is 9.94. The number of pyridine rings is 1. The summed E-state index contributed by atoms with van der Waals surface area (Å²) in [4.78, 5) is 5.32. The average molecular weight is 389 g/mol. The molecule has 1 saturated carbocycles. The van der Waals surface area contributed by atoms with Gasteiger partial charge in [-0.1, -0.05) is 11.6 Å². The van der Waals surface area contributed by atoms with Crippen LogP contribution in [-0.4, -0.2) is 22.2 Å². The number of aliphatic hydroxyl groups excluding tert-OH is 1. The maximum Gasteiger partial charge on any atom is 0.130 e. The summed E-state index contributed by atoms with van der Waals surface area (Å²) in [6.07, 6.45) is 4.77. The number of hydrogen-bond donors (Lipinski definition) is 2. The normalized spacial score (nSPS) is 20.0. The van der Waals surface area contributed by atoms with Crippen LogP contribution < -0.4 is 10.5 Å². The Morgan fingerprint density at radius 3 is 2.88 bits per heavy atom. The molecule has 4 nitrogen and oxygen atoms in total. The van der Waals surface area contributed by atoms with Crippen LogP contribution in [0.2, 0.25) is 5.02 Å². The number of aliphatic hydroxyl groups is 1. The molecule has 0 amide bonds. The molecule has 6 heteroatoms. The highest BCUT2D eigenvalue weighted by Gasteiger charge is 2.25. The predicted octanol–water partition coefficient (Wildman–Crippen LogP) is 4.68. The summed E-state index contributed by atoms with van der Waals surface area (Å²) in [5.74, 6) is 0.861. The van der Waals surface area contributed by atoms with Gasteiger partial charge in [-0.3, -0.25) is 4.98 Å². The third-order valence-electron chi connectivity index (χ3n) is 4.86. The monoisotopic (exact) mass is 388 g/mol. The molecule has 1 fully saturated rings. The standard InChI is InChI=1S/C20H21ClN2O2S/c1-11-6-12(21)7-17(19(11)25-14-3-2-13(22)8-14)16-4-5-23-18-9-15(10-24)26-20(16)18/h4-7,9,13-14,24H,2-3,8,10,22H2,1H3/t13-,14-/m1/s1. The number of aromatic nitrogens is 1. The first-order valence-corrected chi connectivity index (χ1v) is 9.95. The van der Waals surface area contributed by atoms with E-state index in [0.717, 1.165) is 56.8 Å². The van der Waals surface area contributed by atoms with Crippen LogP contribution in [0.15, 0.2) is 30.5 Å². The largest absolute Gasteiger partial charge is 0.489 e. The van der Waals surface area contributed by atoms with Gasteiger partial charge >= 0.3 is 0 Å². The molecule has 4 rings (SSSR count). The lowest BCUT2D eigenvalue weighted by molar-refractivity contribution is 0.208. The van der Waals surface area contributed by atoms with Crippen LogP contribution in [0.1, 0.15) is 29.7 Å². The van der Waals surface area contributed by atoms with Gasteiger partial charge in [-0.05, 0) is 56.0 Å². The maximum atomic E-state index is 9.48. The van der Waals surface area contributed by atoms with Gasteiger partial charge in [0.05, 0.1) is 16.8 Å². The van der Waals surface area contributed by atoms with Gasteiger partial charge in [0.25, 0.3) is 0 Å². The molecule has 26 heavy (non-hydrogen) atoms. The summed E-state index contributed by atoms with van der Waals surface area (Å²) in [7, 11) is 0. The highest BCUT2D eigenvalue weighted by molar-refractivity contribution is 7.19. The summed E-state index contributed by atoms with van der Waals surface area (Å²) < 4.78 is 7.43. The zero-order chi connectivity index (χ0) is 18.3. The van der Waals surface area contributed by atoms with Crippen LogP contribution in [-0.2, 0) is 6.61 Å². The van der Waals surface area contributed by atoms with E-state index in [-0.39, 0.29) is 18.8 Å². The van der Waals surface area contributed by atoms with Gasteiger partial charge in [0, 0.05) is 33.3 Å². The van der Waals surface area contributed by atoms with Gasteiger partial charge in [-0.25, -0.2) is 0 Å². The van der Waals surface area contributed by atoms with Crippen molar-refractivity contribution in [1.29, 1.82) is 0 Å². The van der Waals surface area contributed by atoms with Gasteiger partial charge in [-0.15, -0.1) is 11.3 Å². The molecule has 3 N–H and O–H groups in total. The van der Waals surface area contributed by atoms with E-state index in [1.54, 1.807) is 17.5 Å². The van der Waals surface area contributed by atoms with Gasteiger partial charge in [0.1, 0.15) is 11.9 Å². The minimum absolute atomic E-state index is 0.0123. The zero-order valence-corrected chi connectivity index (χ0v) is 16.1. The van der Waals surface area contributed by atoms with Crippen LogP contribution in [0.25, 0.3) is 21.3 Å². The molecule has 3 aromatic rings. The van der Waals surface area contributed by atoms with E-state index in [1.807, 2.05) is 31.2 Å². The first-order chi connectivity index (χ1) is 12.5. The molecule has 0 unspecified atom stereocenters. The molecule has 1 aliphatic rings. The zero-order valence-electron chi connectivity index (χ0n) is 14.5. The van der Waals surface area contributed by atoms with Crippen molar-refractivity contribution in [2.24, 2.45) is 5.73 Å². The fourth-order valence-corrected chi connectivity index (χ4v) is 4.89. The molecule has 0 spiro atoms. The average Bonchev–Trinajstić information content (AvgIpc) is 3.22. The first kappa shape index (κ1) is 17.7. The number of halogens is 1. The smallest absolute Gasteiger partial charge is 0.130 e. The van der Waals surface area contributed by atoms with Crippen molar-refractivity contribution < 1.29 is 9.84 Å². The Labute approximate surface area is 161 Å². The van der Waals surface area contributed by atoms with E-state index in [1.165, 1.54) is 0 Å². The third kappa shape index (κ3) is 3.32. The number of benzene rings is 1. The Hall–Kier alpha value is -1.66. The Kier molecular flexibility index (Phi) is 4.88. The molecular weight excluding hydrogens is 368 g/mol. The van der Waals surface area contributed by atoms with E-state index in [9.17, 15) is 5.11 Å². The minimum atomic E-state index is 0.0123. The molecule has 2 aromatic heterocycles. The van der Waals surface area contributed by atoms with Crippen molar-refractivity contribution in [2.75, 3.05) is 0 Å². The van der Waals surface area contributed by atoms with Gasteiger partial charge < -0.3 is 15.6 Å². The fourth-order valence-electron chi connectivity index (χ4n) is 3.61. The number of fused-ring (bicyclic) bond motifs is 1.